The molecule has 2 rings (SSSR count). The Bertz CT molecular complexity index is 475. The Morgan fingerprint density at radius 3 is 3.05 bits per heavy atom. The highest BCUT2D eigenvalue weighted by Crippen LogP contribution is 2.31. The van der Waals surface area contributed by atoms with E-state index in [4.69, 9.17) is 32.7 Å². The Morgan fingerprint density at radius 1 is 1.55 bits per heavy atom. The molecule has 6 heteroatoms. The van der Waals surface area contributed by atoms with Crippen LogP contribution in [0.3, 0.4) is 0 Å². The molecule has 0 unspecified atom stereocenters. The molecule has 1 aliphatic rings. The fraction of sp³-hybridized carbons (Fsp3) is 0.500. The molecule has 2 atom stereocenters. The van der Waals surface area contributed by atoms with Crippen molar-refractivity contribution in [3.63, 3.8) is 0 Å². The van der Waals surface area contributed by atoms with Crippen molar-refractivity contribution in [1.82, 2.24) is 5.32 Å². The van der Waals surface area contributed by atoms with Crippen LogP contribution in [-0.4, -0.2) is 31.3 Å². The molecular weight excluding hydrogens is 301 g/mol. The number of benzene rings is 1. The Kier molecular flexibility index (Phi) is 5.52. The molecule has 0 saturated carbocycles. The van der Waals surface area contributed by atoms with Crippen molar-refractivity contribution < 1.29 is 14.3 Å². The predicted molar refractivity (Wildman–Crippen MR) is 78.5 cm³/mol. The molecule has 4 nitrogen and oxygen atoms in total. The number of amides is 1. The Hall–Kier alpha value is -0.970. The van der Waals surface area contributed by atoms with Crippen LogP contribution in [0.1, 0.15) is 19.8 Å². The van der Waals surface area contributed by atoms with Crippen molar-refractivity contribution in [2.45, 2.75) is 31.9 Å². The first kappa shape index (κ1) is 15.4. The van der Waals surface area contributed by atoms with Crippen LogP contribution in [0.15, 0.2) is 18.2 Å². The van der Waals surface area contributed by atoms with E-state index in [9.17, 15) is 4.79 Å². The summed E-state index contributed by atoms with van der Waals surface area (Å²) in [6, 6.07) is 5.03. The number of ether oxygens (including phenoxy) is 2. The van der Waals surface area contributed by atoms with Gasteiger partial charge in [0.15, 0.2) is 6.61 Å². The van der Waals surface area contributed by atoms with E-state index in [1.54, 1.807) is 18.2 Å². The molecule has 1 aliphatic heterocycles. The molecular formula is C14H17Cl2NO3. The van der Waals surface area contributed by atoms with Gasteiger partial charge >= 0.3 is 0 Å². The summed E-state index contributed by atoms with van der Waals surface area (Å²) in [7, 11) is 0. The third kappa shape index (κ3) is 4.01. The van der Waals surface area contributed by atoms with Crippen molar-refractivity contribution in [1.29, 1.82) is 0 Å². The number of rotatable bonds is 5. The molecule has 20 heavy (non-hydrogen) atoms. The van der Waals surface area contributed by atoms with E-state index in [0.29, 0.717) is 15.8 Å². The standard InChI is InChI=1S/C14H17Cl2NO3/c1-9(11-6-3-7-19-11)17-13(18)8-20-12-5-2-4-10(15)14(12)16/h2,4-5,9,11H,3,6-8H2,1H3,(H,17,18)/t9-,11+/m1/s1. The van der Waals surface area contributed by atoms with Gasteiger partial charge in [-0.3, -0.25) is 4.79 Å². The molecule has 0 spiro atoms. The molecule has 0 aromatic heterocycles. The van der Waals surface area contributed by atoms with Gasteiger partial charge in [0.25, 0.3) is 5.91 Å². The number of carbonyl (C=O) groups excluding carboxylic acids is 1. The largest absolute Gasteiger partial charge is 0.482 e. The third-order valence-electron chi connectivity index (χ3n) is 3.19. The summed E-state index contributed by atoms with van der Waals surface area (Å²) in [4.78, 5) is 11.8. The second-order valence-corrected chi connectivity index (χ2v) is 5.53. The zero-order chi connectivity index (χ0) is 14.5. The maximum absolute atomic E-state index is 11.8. The predicted octanol–water partition coefficient (Wildman–Crippen LogP) is 3.06. The fourth-order valence-electron chi connectivity index (χ4n) is 2.12. The van der Waals surface area contributed by atoms with E-state index in [0.717, 1.165) is 19.4 Å². The summed E-state index contributed by atoms with van der Waals surface area (Å²) in [6.45, 7) is 2.59. The van der Waals surface area contributed by atoms with Crippen LogP contribution in [0.5, 0.6) is 5.75 Å². The molecule has 0 aliphatic carbocycles. The second-order valence-electron chi connectivity index (χ2n) is 4.75. The van der Waals surface area contributed by atoms with Gasteiger partial charge in [0, 0.05) is 6.61 Å². The molecule has 0 radical (unpaired) electrons. The number of hydrogen-bond donors (Lipinski definition) is 1. The smallest absolute Gasteiger partial charge is 0.258 e. The first-order valence-electron chi connectivity index (χ1n) is 6.55. The van der Waals surface area contributed by atoms with Crippen molar-refractivity contribution in [2.75, 3.05) is 13.2 Å². The molecule has 1 aromatic rings. The minimum absolute atomic E-state index is 0.0246. The van der Waals surface area contributed by atoms with Crippen molar-refractivity contribution >= 4 is 29.1 Å². The van der Waals surface area contributed by atoms with E-state index in [1.807, 2.05) is 6.92 Å². The van der Waals surface area contributed by atoms with E-state index in [-0.39, 0.29) is 24.7 Å². The lowest BCUT2D eigenvalue weighted by atomic mass is 10.1. The number of nitrogens with one attached hydrogen (secondary N) is 1. The molecule has 1 N–H and O–H groups in total. The highest BCUT2D eigenvalue weighted by Gasteiger charge is 2.23. The van der Waals surface area contributed by atoms with Gasteiger partial charge in [0.05, 0.1) is 17.2 Å². The molecule has 1 amide bonds. The zero-order valence-corrected chi connectivity index (χ0v) is 12.7. The lowest BCUT2D eigenvalue weighted by molar-refractivity contribution is -0.124. The maximum atomic E-state index is 11.8. The van der Waals surface area contributed by atoms with Crippen molar-refractivity contribution in [3.05, 3.63) is 28.2 Å². The van der Waals surface area contributed by atoms with E-state index in [1.165, 1.54) is 0 Å². The summed E-state index contributed by atoms with van der Waals surface area (Å²) in [6.07, 6.45) is 2.11. The SMILES string of the molecule is C[C@@H](NC(=O)COc1cccc(Cl)c1Cl)[C@@H]1CCCO1. The first-order chi connectivity index (χ1) is 9.58. The van der Waals surface area contributed by atoms with Crippen LogP contribution in [0, 0.1) is 0 Å². The van der Waals surface area contributed by atoms with Gasteiger partial charge in [-0.1, -0.05) is 29.3 Å². The average Bonchev–Trinajstić information content (AvgIpc) is 2.94. The van der Waals surface area contributed by atoms with Crippen LogP contribution in [0.2, 0.25) is 10.0 Å². The molecule has 1 heterocycles. The zero-order valence-electron chi connectivity index (χ0n) is 11.2. The molecule has 1 saturated heterocycles. The van der Waals surface area contributed by atoms with Crippen LogP contribution in [-0.2, 0) is 9.53 Å². The van der Waals surface area contributed by atoms with Gasteiger partial charge in [0.2, 0.25) is 0 Å². The molecule has 0 bridgehead atoms. The summed E-state index contributed by atoms with van der Waals surface area (Å²) in [5.41, 5.74) is 0. The van der Waals surface area contributed by atoms with Gasteiger partial charge in [-0.2, -0.15) is 0 Å². The normalized spacial score (nSPS) is 19.6. The quantitative estimate of drug-likeness (QED) is 0.908. The van der Waals surface area contributed by atoms with Gasteiger partial charge in [-0.25, -0.2) is 0 Å². The summed E-state index contributed by atoms with van der Waals surface area (Å²) < 4.78 is 10.9. The maximum Gasteiger partial charge on any atom is 0.258 e. The number of hydrogen-bond acceptors (Lipinski definition) is 3. The Balaban J connectivity index is 1.81. The average molecular weight is 318 g/mol. The van der Waals surface area contributed by atoms with E-state index in [2.05, 4.69) is 5.32 Å². The fourth-order valence-corrected chi connectivity index (χ4v) is 2.47. The van der Waals surface area contributed by atoms with Crippen molar-refractivity contribution in [3.8, 4) is 5.75 Å². The molecule has 1 fully saturated rings. The third-order valence-corrected chi connectivity index (χ3v) is 3.99. The monoisotopic (exact) mass is 317 g/mol. The first-order valence-corrected chi connectivity index (χ1v) is 7.31. The summed E-state index contributed by atoms with van der Waals surface area (Å²) in [5.74, 6) is 0.197. The molecule has 1 aromatic carbocycles. The second kappa shape index (κ2) is 7.16. The van der Waals surface area contributed by atoms with Crippen LogP contribution < -0.4 is 10.1 Å². The summed E-state index contributed by atoms with van der Waals surface area (Å²) in [5, 5.41) is 3.58. The highest BCUT2D eigenvalue weighted by atomic mass is 35.5. The van der Waals surface area contributed by atoms with Crippen LogP contribution in [0.25, 0.3) is 0 Å². The van der Waals surface area contributed by atoms with Gasteiger partial charge in [-0.15, -0.1) is 0 Å². The molecule has 110 valence electrons. The highest BCUT2D eigenvalue weighted by molar-refractivity contribution is 6.42. The lowest BCUT2D eigenvalue weighted by Crippen LogP contribution is -2.42. The van der Waals surface area contributed by atoms with Crippen LogP contribution in [0.4, 0.5) is 0 Å². The summed E-state index contributed by atoms with van der Waals surface area (Å²) >= 11 is 11.8. The van der Waals surface area contributed by atoms with E-state index >= 15 is 0 Å². The minimum Gasteiger partial charge on any atom is -0.482 e. The number of halogens is 2. The van der Waals surface area contributed by atoms with Gasteiger partial charge in [0.1, 0.15) is 10.8 Å². The minimum atomic E-state index is -0.205. The Morgan fingerprint density at radius 2 is 2.35 bits per heavy atom. The lowest BCUT2D eigenvalue weighted by Gasteiger charge is -2.20. The van der Waals surface area contributed by atoms with Gasteiger partial charge in [-0.05, 0) is 31.9 Å². The van der Waals surface area contributed by atoms with E-state index < -0.39 is 0 Å². The topological polar surface area (TPSA) is 47.6 Å². The number of carbonyl (C=O) groups is 1. The Labute approximate surface area is 128 Å². The van der Waals surface area contributed by atoms with Crippen molar-refractivity contribution in [2.24, 2.45) is 0 Å². The van der Waals surface area contributed by atoms with Gasteiger partial charge < -0.3 is 14.8 Å². The van der Waals surface area contributed by atoms with Crippen LogP contribution >= 0.6 is 23.2 Å².